The predicted octanol–water partition coefficient (Wildman–Crippen LogP) is 2.14. The first-order chi connectivity index (χ1) is 8.83. The topological polar surface area (TPSA) is 56.4 Å². The van der Waals surface area contributed by atoms with E-state index in [1.807, 2.05) is 0 Å². The summed E-state index contributed by atoms with van der Waals surface area (Å²) < 4.78 is 0. The van der Waals surface area contributed by atoms with Crippen LogP contribution < -0.4 is 5.73 Å². The lowest BCUT2D eigenvalue weighted by molar-refractivity contribution is 0.203. The van der Waals surface area contributed by atoms with Gasteiger partial charge in [0.1, 0.15) is 0 Å². The van der Waals surface area contributed by atoms with Crippen LogP contribution in [0.15, 0.2) is 0 Å². The van der Waals surface area contributed by atoms with Crippen molar-refractivity contribution in [2.24, 2.45) is 11.1 Å². The van der Waals surface area contributed by atoms with Crippen LogP contribution >= 0.6 is 0 Å². The first-order valence-corrected chi connectivity index (χ1v) is 7.56. The second kappa shape index (κ2) is 7.25. The quantitative estimate of drug-likeness (QED) is 0.403. The zero-order valence-electron chi connectivity index (χ0n) is 13.2. The summed E-state index contributed by atoms with van der Waals surface area (Å²) in [7, 11) is 4.32. The SMILES string of the molecule is CN(C)CC1CCCN1CCCCC(C)(C)C(=N)N. The highest BCUT2D eigenvalue weighted by molar-refractivity contribution is 5.82. The highest BCUT2D eigenvalue weighted by atomic mass is 15.2. The van der Waals surface area contributed by atoms with Crippen LogP contribution in [0.5, 0.6) is 0 Å². The van der Waals surface area contributed by atoms with E-state index in [0.29, 0.717) is 5.84 Å². The Kier molecular flexibility index (Phi) is 6.27. The number of amidine groups is 1. The van der Waals surface area contributed by atoms with Gasteiger partial charge in [0.05, 0.1) is 5.84 Å². The van der Waals surface area contributed by atoms with E-state index in [9.17, 15) is 0 Å². The van der Waals surface area contributed by atoms with Crippen LogP contribution in [0, 0.1) is 10.8 Å². The summed E-state index contributed by atoms with van der Waals surface area (Å²) in [6, 6.07) is 0.746. The van der Waals surface area contributed by atoms with Crippen molar-refractivity contribution in [2.75, 3.05) is 33.7 Å². The maximum Gasteiger partial charge on any atom is 0.0963 e. The maximum absolute atomic E-state index is 7.57. The molecule has 1 aliphatic heterocycles. The van der Waals surface area contributed by atoms with E-state index in [4.69, 9.17) is 11.1 Å². The molecular formula is C15H32N4. The summed E-state index contributed by atoms with van der Waals surface area (Å²) in [6.45, 7) is 7.78. The molecular weight excluding hydrogens is 236 g/mol. The van der Waals surface area contributed by atoms with Crippen LogP contribution in [-0.2, 0) is 0 Å². The van der Waals surface area contributed by atoms with E-state index in [1.165, 1.54) is 38.9 Å². The van der Waals surface area contributed by atoms with Gasteiger partial charge in [0.15, 0.2) is 0 Å². The minimum absolute atomic E-state index is 0.131. The monoisotopic (exact) mass is 268 g/mol. The molecule has 0 aliphatic carbocycles. The van der Waals surface area contributed by atoms with Crippen LogP contribution in [-0.4, -0.2) is 55.4 Å². The minimum atomic E-state index is -0.131. The number of nitrogens with zero attached hydrogens (tertiary/aromatic N) is 2. The van der Waals surface area contributed by atoms with E-state index in [-0.39, 0.29) is 5.41 Å². The average molecular weight is 268 g/mol. The van der Waals surface area contributed by atoms with E-state index >= 15 is 0 Å². The molecule has 0 aromatic carbocycles. The molecule has 0 aromatic heterocycles. The van der Waals surface area contributed by atoms with E-state index in [1.54, 1.807) is 0 Å². The summed E-state index contributed by atoms with van der Waals surface area (Å²) >= 11 is 0. The van der Waals surface area contributed by atoms with Crippen molar-refractivity contribution in [1.82, 2.24) is 9.80 Å². The highest BCUT2D eigenvalue weighted by Crippen LogP contribution is 2.24. The molecule has 1 fully saturated rings. The number of hydrogen-bond acceptors (Lipinski definition) is 3. The smallest absolute Gasteiger partial charge is 0.0963 e. The number of unbranched alkanes of at least 4 members (excludes halogenated alkanes) is 1. The van der Waals surface area contributed by atoms with Gasteiger partial charge in [-0.25, -0.2) is 0 Å². The Labute approximate surface area is 118 Å². The number of hydrogen-bond donors (Lipinski definition) is 2. The molecule has 0 bridgehead atoms. The molecule has 0 amide bonds. The zero-order valence-corrected chi connectivity index (χ0v) is 13.2. The molecule has 0 spiro atoms. The third-order valence-corrected chi connectivity index (χ3v) is 4.30. The van der Waals surface area contributed by atoms with Gasteiger partial charge in [-0.2, -0.15) is 0 Å². The lowest BCUT2D eigenvalue weighted by Gasteiger charge is -2.28. The third-order valence-electron chi connectivity index (χ3n) is 4.30. The molecule has 0 aromatic rings. The second-order valence-corrected chi connectivity index (χ2v) is 6.85. The van der Waals surface area contributed by atoms with Crippen LogP contribution in [0.2, 0.25) is 0 Å². The molecule has 112 valence electrons. The fourth-order valence-corrected chi connectivity index (χ4v) is 2.83. The number of nitrogens with one attached hydrogen (secondary N) is 1. The second-order valence-electron chi connectivity index (χ2n) is 6.85. The molecule has 4 nitrogen and oxygen atoms in total. The number of nitrogens with two attached hydrogens (primary N) is 1. The molecule has 0 radical (unpaired) electrons. The zero-order chi connectivity index (χ0) is 14.5. The Bertz CT molecular complexity index is 286. The summed E-state index contributed by atoms with van der Waals surface area (Å²) in [5.41, 5.74) is 5.49. The molecule has 1 heterocycles. The van der Waals surface area contributed by atoms with E-state index < -0.39 is 0 Å². The lowest BCUT2D eigenvalue weighted by Crippen LogP contribution is -2.38. The largest absolute Gasteiger partial charge is 0.387 e. The van der Waals surface area contributed by atoms with Gasteiger partial charge in [-0.1, -0.05) is 20.3 Å². The van der Waals surface area contributed by atoms with Gasteiger partial charge in [0.2, 0.25) is 0 Å². The molecule has 19 heavy (non-hydrogen) atoms. The van der Waals surface area contributed by atoms with Crippen molar-refractivity contribution in [2.45, 2.75) is 52.0 Å². The highest BCUT2D eigenvalue weighted by Gasteiger charge is 2.25. The van der Waals surface area contributed by atoms with Crippen molar-refractivity contribution < 1.29 is 0 Å². The standard InChI is InChI=1S/C15H32N4/c1-15(2,14(16)17)9-5-6-10-19-11-7-8-13(19)12-18(3)4/h13H,5-12H2,1-4H3,(H3,16,17). The van der Waals surface area contributed by atoms with Gasteiger partial charge in [0, 0.05) is 18.0 Å². The Hall–Kier alpha value is -0.610. The summed E-state index contributed by atoms with van der Waals surface area (Å²) in [5.74, 6) is 0.319. The molecule has 1 atom stereocenters. The Balaban J connectivity index is 2.23. The molecule has 0 saturated carbocycles. The van der Waals surface area contributed by atoms with Crippen LogP contribution in [0.25, 0.3) is 0 Å². The van der Waals surface area contributed by atoms with Gasteiger partial charge in [-0.05, 0) is 52.9 Å². The lowest BCUT2D eigenvalue weighted by atomic mass is 9.86. The van der Waals surface area contributed by atoms with Crippen LogP contribution in [0.3, 0.4) is 0 Å². The van der Waals surface area contributed by atoms with Gasteiger partial charge in [-0.15, -0.1) is 0 Å². The molecule has 1 aliphatic rings. The molecule has 1 saturated heterocycles. The molecule has 1 rings (SSSR count). The maximum atomic E-state index is 7.57. The first-order valence-electron chi connectivity index (χ1n) is 7.56. The van der Waals surface area contributed by atoms with Crippen molar-refractivity contribution in [3.8, 4) is 0 Å². The average Bonchev–Trinajstić information content (AvgIpc) is 2.71. The van der Waals surface area contributed by atoms with Crippen molar-refractivity contribution in [3.05, 3.63) is 0 Å². The van der Waals surface area contributed by atoms with Gasteiger partial charge in [-0.3, -0.25) is 10.3 Å². The Morgan fingerprint density at radius 2 is 2.05 bits per heavy atom. The van der Waals surface area contributed by atoms with Gasteiger partial charge < -0.3 is 10.6 Å². The van der Waals surface area contributed by atoms with Crippen molar-refractivity contribution in [1.29, 1.82) is 5.41 Å². The molecule has 1 unspecified atom stereocenters. The molecule has 4 heteroatoms. The number of likely N-dealkylation sites (N-methyl/N-ethyl adjacent to an activating group) is 1. The normalized spacial score (nSPS) is 21.2. The van der Waals surface area contributed by atoms with Crippen molar-refractivity contribution >= 4 is 5.84 Å². The minimum Gasteiger partial charge on any atom is -0.387 e. The summed E-state index contributed by atoms with van der Waals surface area (Å²) in [5, 5.41) is 7.57. The number of likely N-dealkylation sites (tertiary alicyclic amines) is 1. The summed E-state index contributed by atoms with van der Waals surface area (Å²) in [6.07, 6.45) is 6.10. The fraction of sp³-hybridized carbons (Fsp3) is 0.933. The van der Waals surface area contributed by atoms with Crippen LogP contribution in [0.1, 0.15) is 46.0 Å². The van der Waals surface area contributed by atoms with E-state index in [2.05, 4.69) is 37.7 Å². The fourth-order valence-electron chi connectivity index (χ4n) is 2.83. The predicted molar refractivity (Wildman–Crippen MR) is 82.7 cm³/mol. The Morgan fingerprint density at radius 3 is 2.63 bits per heavy atom. The van der Waals surface area contributed by atoms with Crippen LogP contribution in [0.4, 0.5) is 0 Å². The Morgan fingerprint density at radius 1 is 1.37 bits per heavy atom. The summed E-state index contributed by atoms with van der Waals surface area (Å²) in [4.78, 5) is 4.93. The van der Waals surface area contributed by atoms with Crippen molar-refractivity contribution in [3.63, 3.8) is 0 Å². The van der Waals surface area contributed by atoms with Gasteiger partial charge >= 0.3 is 0 Å². The molecule has 3 N–H and O–H groups in total. The van der Waals surface area contributed by atoms with E-state index in [0.717, 1.165) is 18.9 Å². The number of rotatable bonds is 8. The van der Waals surface area contributed by atoms with Gasteiger partial charge in [0.25, 0.3) is 0 Å². The first kappa shape index (κ1) is 16.4. The third kappa shape index (κ3) is 5.49.